The fraction of sp³-hybridized carbons (Fsp3) is 0.500. The number of carboxylic acid groups (broad SMARTS) is 1. The number of rotatable bonds is 4. The zero-order chi connectivity index (χ0) is 10.7. The van der Waals surface area contributed by atoms with Crippen LogP contribution in [0.15, 0.2) is 16.9 Å². The van der Waals surface area contributed by atoms with Crippen LogP contribution in [0.3, 0.4) is 0 Å². The molecule has 1 unspecified atom stereocenters. The van der Waals surface area contributed by atoms with Gasteiger partial charge in [0.2, 0.25) is 0 Å². The molecule has 5 nitrogen and oxygen atoms in total. The van der Waals surface area contributed by atoms with Crippen molar-refractivity contribution in [3.63, 3.8) is 0 Å². The van der Waals surface area contributed by atoms with Crippen molar-refractivity contribution in [2.24, 2.45) is 0 Å². The minimum atomic E-state index is -0.846. The summed E-state index contributed by atoms with van der Waals surface area (Å²) in [4.78, 5) is 12.5. The maximum atomic E-state index is 10.9. The molecule has 0 aromatic carbocycles. The van der Waals surface area contributed by atoms with E-state index in [-0.39, 0.29) is 0 Å². The maximum Gasteiger partial charge on any atom is 0.322 e. The topological polar surface area (TPSA) is 58.4 Å². The second kappa shape index (κ2) is 4.56. The smallest absolute Gasteiger partial charge is 0.322 e. The molecule has 1 heterocycles. The molecule has 1 N–H and O–H groups in total. The van der Waals surface area contributed by atoms with E-state index in [1.807, 2.05) is 0 Å². The van der Waals surface area contributed by atoms with Gasteiger partial charge in [0.1, 0.15) is 6.04 Å². The molecule has 1 aromatic heterocycles. The molecular formula is C8H12BrN3O2. The summed E-state index contributed by atoms with van der Waals surface area (Å²) in [5, 5.41) is 12.9. The summed E-state index contributed by atoms with van der Waals surface area (Å²) in [5.41, 5.74) is 0. The molecular weight excluding hydrogens is 250 g/mol. The Bertz CT molecular complexity index is 324. The predicted molar refractivity (Wildman–Crippen MR) is 55.0 cm³/mol. The van der Waals surface area contributed by atoms with Gasteiger partial charge in [0.15, 0.2) is 0 Å². The van der Waals surface area contributed by atoms with E-state index in [0.29, 0.717) is 6.54 Å². The Hall–Kier alpha value is -0.880. The highest BCUT2D eigenvalue weighted by Crippen LogP contribution is 2.07. The summed E-state index contributed by atoms with van der Waals surface area (Å²) >= 11 is 3.25. The minimum absolute atomic E-state index is 0.341. The average molecular weight is 262 g/mol. The van der Waals surface area contributed by atoms with E-state index in [9.17, 15) is 4.79 Å². The number of carbonyl (C=O) groups is 1. The number of hydrogen-bond donors (Lipinski definition) is 1. The van der Waals surface area contributed by atoms with Crippen molar-refractivity contribution in [2.75, 3.05) is 14.1 Å². The van der Waals surface area contributed by atoms with Crippen LogP contribution >= 0.6 is 15.9 Å². The molecule has 0 aliphatic rings. The highest BCUT2D eigenvalue weighted by atomic mass is 79.9. The lowest BCUT2D eigenvalue weighted by Gasteiger charge is -2.19. The third-order valence-electron chi connectivity index (χ3n) is 1.87. The first kappa shape index (κ1) is 11.2. The Kier molecular flexibility index (Phi) is 3.65. The lowest BCUT2D eigenvalue weighted by atomic mass is 10.3. The first-order valence-corrected chi connectivity index (χ1v) is 4.87. The van der Waals surface area contributed by atoms with E-state index in [1.165, 1.54) is 0 Å². The molecule has 6 heteroatoms. The first-order chi connectivity index (χ1) is 6.50. The molecule has 0 amide bonds. The molecule has 0 aliphatic heterocycles. The highest BCUT2D eigenvalue weighted by molar-refractivity contribution is 9.10. The fourth-order valence-corrected chi connectivity index (χ4v) is 1.41. The Morgan fingerprint density at radius 2 is 2.43 bits per heavy atom. The maximum absolute atomic E-state index is 10.9. The Morgan fingerprint density at radius 3 is 2.79 bits per heavy atom. The van der Waals surface area contributed by atoms with Crippen LogP contribution in [0.5, 0.6) is 0 Å². The monoisotopic (exact) mass is 261 g/mol. The van der Waals surface area contributed by atoms with Gasteiger partial charge in [-0.15, -0.1) is 0 Å². The second-order valence-electron chi connectivity index (χ2n) is 3.20. The van der Waals surface area contributed by atoms with Crippen LogP contribution in [-0.4, -0.2) is 45.9 Å². The molecule has 0 spiro atoms. The first-order valence-electron chi connectivity index (χ1n) is 4.08. The van der Waals surface area contributed by atoms with Gasteiger partial charge in [-0.2, -0.15) is 5.10 Å². The van der Waals surface area contributed by atoms with Gasteiger partial charge in [-0.05, 0) is 30.0 Å². The van der Waals surface area contributed by atoms with E-state index >= 15 is 0 Å². The largest absolute Gasteiger partial charge is 0.480 e. The van der Waals surface area contributed by atoms with Crippen LogP contribution < -0.4 is 0 Å². The van der Waals surface area contributed by atoms with Crippen molar-refractivity contribution in [3.8, 4) is 0 Å². The molecule has 0 fully saturated rings. The normalized spacial score (nSPS) is 13.1. The molecule has 0 saturated heterocycles. The van der Waals surface area contributed by atoms with E-state index in [1.54, 1.807) is 36.1 Å². The fourth-order valence-electron chi connectivity index (χ4n) is 1.08. The third kappa shape index (κ3) is 2.81. The number of nitrogens with zero attached hydrogens (tertiary/aromatic N) is 3. The summed E-state index contributed by atoms with van der Waals surface area (Å²) in [5.74, 6) is -0.846. The molecule has 1 aromatic rings. The minimum Gasteiger partial charge on any atom is -0.480 e. The van der Waals surface area contributed by atoms with E-state index in [2.05, 4.69) is 21.0 Å². The van der Waals surface area contributed by atoms with E-state index < -0.39 is 12.0 Å². The van der Waals surface area contributed by atoms with Crippen molar-refractivity contribution in [1.29, 1.82) is 0 Å². The predicted octanol–water partition coefficient (Wildman–Crippen LogP) is 0.660. The van der Waals surface area contributed by atoms with Crippen LogP contribution in [0.1, 0.15) is 0 Å². The Balaban J connectivity index is 2.69. The highest BCUT2D eigenvalue weighted by Gasteiger charge is 2.20. The summed E-state index contributed by atoms with van der Waals surface area (Å²) in [6.45, 7) is 0.341. The number of likely N-dealkylation sites (N-methyl/N-ethyl adjacent to an activating group) is 1. The zero-order valence-electron chi connectivity index (χ0n) is 8.01. The quantitative estimate of drug-likeness (QED) is 0.866. The molecule has 0 radical (unpaired) electrons. The molecule has 78 valence electrons. The molecule has 1 atom stereocenters. The zero-order valence-corrected chi connectivity index (χ0v) is 9.60. The number of aromatic nitrogens is 2. The van der Waals surface area contributed by atoms with Gasteiger partial charge in [-0.1, -0.05) is 0 Å². The lowest BCUT2D eigenvalue weighted by molar-refractivity contribution is -0.142. The van der Waals surface area contributed by atoms with Gasteiger partial charge >= 0.3 is 5.97 Å². The molecule has 0 saturated carbocycles. The van der Waals surface area contributed by atoms with Crippen LogP contribution in [0, 0.1) is 0 Å². The SMILES string of the molecule is CN(C)C(Cn1cc(Br)cn1)C(=O)O. The molecule has 0 bridgehead atoms. The Morgan fingerprint density at radius 1 is 1.79 bits per heavy atom. The van der Waals surface area contributed by atoms with Crippen LogP contribution in [0.4, 0.5) is 0 Å². The van der Waals surface area contributed by atoms with E-state index in [4.69, 9.17) is 5.11 Å². The van der Waals surface area contributed by atoms with Crippen LogP contribution in [0.2, 0.25) is 0 Å². The standard InChI is InChI=1S/C8H12BrN3O2/c1-11(2)7(8(13)14)5-12-4-6(9)3-10-12/h3-4,7H,5H2,1-2H3,(H,13,14). The molecule has 0 aliphatic carbocycles. The van der Waals surface area contributed by atoms with Crippen LogP contribution in [0.25, 0.3) is 0 Å². The van der Waals surface area contributed by atoms with Gasteiger partial charge in [0.05, 0.1) is 17.2 Å². The van der Waals surface area contributed by atoms with Gasteiger partial charge in [-0.3, -0.25) is 14.4 Å². The van der Waals surface area contributed by atoms with Crippen molar-refractivity contribution >= 4 is 21.9 Å². The van der Waals surface area contributed by atoms with Crippen molar-refractivity contribution in [1.82, 2.24) is 14.7 Å². The van der Waals surface area contributed by atoms with Crippen LogP contribution in [-0.2, 0) is 11.3 Å². The van der Waals surface area contributed by atoms with Crippen molar-refractivity contribution in [3.05, 3.63) is 16.9 Å². The second-order valence-corrected chi connectivity index (χ2v) is 4.11. The van der Waals surface area contributed by atoms with Gasteiger partial charge in [0, 0.05) is 6.20 Å². The van der Waals surface area contributed by atoms with Gasteiger partial charge in [0.25, 0.3) is 0 Å². The Labute approximate surface area is 90.4 Å². The number of aliphatic carboxylic acids is 1. The summed E-state index contributed by atoms with van der Waals surface area (Å²) in [7, 11) is 3.47. The van der Waals surface area contributed by atoms with Gasteiger partial charge in [-0.25, -0.2) is 0 Å². The number of carboxylic acids is 1. The van der Waals surface area contributed by atoms with Gasteiger partial charge < -0.3 is 5.11 Å². The third-order valence-corrected chi connectivity index (χ3v) is 2.28. The number of halogens is 1. The summed E-state index contributed by atoms with van der Waals surface area (Å²) < 4.78 is 2.45. The van der Waals surface area contributed by atoms with Crippen molar-refractivity contribution in [2.45, 2.75) is 12.6 Å². The molecule has 14 heavy (non-hydrogen) atoms. The van der Waals surface area contributed by atoms with Crippen molar-refractivity contribution < 1.29 is 9.90 Å². The molecule has 1 rings (SSSR count). The lowest BCUT2D eigenvalue weighted by Crippen LogP contribution is -2.39. The summed E-state index contributed by atoms with van der Waals surface area (Å²) in [6.07, 6.45) is 3.38. The average Bonchev–Trinajstić information content (AvgIpc) is 2.46. The number of hydrogen-bond acceptors (Lipinski definition) is 3. The van der Waals surface area contributed by atoms with E-state index in [0.717, 1.165) is 4.47 Å². The summed E-state index contributed by atoms with van der Waals surface area (Å²) in [6, 6.07) is -0.554.